The summed E-state index contributed by atoms with van der Waals surface area (Å²) in [7, 11) is 0. The molecule has 5 heteroatoms. The molecule has 1 amide bonds. The molecule has 2 aromatic carbocycles. The van der Waals surface area contributed by atoms with Gasteiger partial charge in [-0.1, -0.05) is 30.3 Å². The lowest BCUT2D eigenvalue weighted by Gasteiger charge is -2.10. The van der Waals surface area contributed by atoms with Gasteiger partial charge in [0.15, 0.2) is 0 Å². The van der Waals surface area contributed by atoms with E-state index in [4.69, 9.17) is 10.8 Å². The first-order valence-electron chi connectivity index (χ1n) is 5.83. The largest absolute Gasteiger partial charge is 0.481 e. The number of hydrogen-bond acceptors (Lipinski definition) is 3. The SMILES string of the molecule is N[C@H](CC(=O)O)C(=O)Nc1ccc2ccccc2c1. The minimum absolute atomic E-state index is 0.389. The lowest BCUT2D eigenvalue weighted by molar-refractivity contribution is -0.138. The molecule has 0 spiro atoms. The van der Waals surface area contributed by atoms with E-state index < -0.39 is 17.9 Å². The zero-order chi connectivity index (χ0) is 13.8. The fraction of sp³-hybridized carbons (Fsp3) is 0.143. The molecular formula is C14H14N2O3. The van der Waals surface area contributed by atoms with Crippen LogP contribution in [0.3, 0.4) is 0 Å². The molecule has 0 saturated heterocycles. The van der Waals surface area contributed by atoms with Crippen molar-refractivity contribution < 1.29 is 14.7 Å². The van der Waals surface area contributed by atoms with Gasteiger partial charge in [0.1, 0.15) is 0 Å². The molecule has 98 valence electrons. The monoisotopic (exact) mass is 258 g/mol. The second kappa shape index (κ2) is 5.49. The molecule has 5 nitrogen and oxygen atoms in total. The van der Waals surface area contributed by atoms with Gasteiger partial charge in [-0.25, -0.2) is 0 Å². The van der Waals surface area contributed by atoms with Crippen LogP contribution < -0.4 is 11.1 Å². The maximum Gasteiger partial charge on any atom is 0.305 e. The third-order valence-corrected chi connectivity index (χ3v) is 2.75. The zero-order valence-corrected chi connectivity index (χ0v) is 10.2. The van der Waals surface area contributed by atoms with Crippen molar-refractivity contribution in [1.82, 2.24) is 0 Å². The molecular weight excluding hydrogens is 244 g/mol. The molecule has 2 aromatic rings. The molecule has 0 aliphatic carbocycles. The van der Waals surface area contributed by atoms with Crippen molar-refractivity contribution in [3.8, 4) is 0 Å². The molecule has 1 atom stereocenters. The maximum absolute atomic E-state index is 11.7. The number of anilines is 1. The van der Waals surface area contributed by atoms with Crippen molar-refractivity contribution in [3.63, 3.8) is 0 Å². The second-order valence-corrected chi connectivity index (χ2v) is 4.26. The van der Waals surface area contributed by atoms with Crippen LogP contribution in [0.4, 0.5) is 5.69 Å². The van der Waals surface area contributed by atoms with Crippen LogP contribution >= 0.6 is 0 Å². The summed E-state index contributed by atoms with van der Waals surface area (Å²) in [5, 5.41) is 13.2. The first-order valence-corrected chi connectivity index (χ1v) is 5.83. The molecule has 0 bridgehead atoms. The van der Waals surface area contributed by atoms with E-state index in [1.54, 1.807) is 6.07 Å². The van der Waals surface area contributed by atoms with Gasteiger partial charge in [0, 0.05) is 5.69 Å². The number of carboxylic acid groups (broad SMARTS) is 1. The average Bonchev–Trinajstić information content (AvgIpc) is 2.37. The topological polar surface area (TPSA) is 92.4 Å². The molecule has 0 aliphatic rings. The van der Waals surface area contributed by atoms with Crippen LogP contribution in [0.25, 0.3) is 10.8 Å². The van der Waals surface area contributed by atoms with E-state index in [0.29, 0.717) is 5.69 Å². The Balaban J connectivity index is 2.12. The smallest absolute Gasteiger partial charge is 0.305 e. The number of benzene rings is 2. The summed E-state index contributed by atoms with van der Waals surface area (Å²) in [6, 6.07) is 12.2. The fourth-order valence-corrected chi connectivity index (χ4v) is 1.78. The Morgan fingerprint density at radius 1 is 1.16 bits per heavy atom. The van der Waals surface area contributed by atoms with Crippen molar-refractivity contribution in [3.05, 3.63) is 42.5 Å². The number of fused-ring (bicyclic) bond motifs is 1. The first kappa shape index (κ1) is 13.0. The van der Waals surface area contributed by atoms with Crippen LogP contribution in [0.2, 0.25) is 0 Å². The highest BCUT2D eigenvalue weighted by Crippen LogP contribution is 2.18. The Kier molecular flexibility index (Phi) is 3.77. The molecule has 0 saturated carbocycles. The van der Waals surface area contributed by atoms with Crippen LogP contribution in [-0.4, -0.2) is 23.0 Å². The van der Waals surface area contributed by atoms with E-state index in [9.17, 15) is 9.59 Å². The predicted molar refractivity (Wildman–Crippen MR) is 72.8 cm³/mol. The van der Waals surface area contributed by atoms with Gasteiger partial charge in [0.25, 0.3) is 0 Å². The summed E-state index contributed by atoms with van der Waals surface area (Å²) in [4.78, 5) is 22.2. The number of carbonyl (C=O) groups is 2. The number of nitrogens with one attached hydrogen (secondary N) is 1. The number of aliphatic carboxylic acids is 1. The third-order valence-electron chi connectivity index (χ3n) is 2.75. The normalized spacial score (nSPS) is 12.1. The molecule has 0 aromatic heterocycles. The second-order valence-electron chi connectivity index (χ2n) is 4.26. The molecule has 2 rings (SSSR count). The lowest BCUT2D eigenvalue weighted by Crippen LogP contribution is -2.37. The minimum Gasteiger partial charge on any atom is -0.481 e. The summed E-state index contributed by atoms with van der Waals surface area (Å²) in [6.45, 7) is 0. The Hall–Kier alpha value is -2.40. The number of amides is 1. The number of carboxylic acids is 1. The minimum atomic E-state index is -1.10. The van der Waals surface area contributed by atoms with Crippen molar-refractivity contribution >= 4 is 28.3 Å². The number of hydrogen-bond donors (Lipinski definition) is 3. The third kappa shape index (κ3) is 3.29. The van der Waals surface area contributed by atoms with Gasteiger partial charge in [-0.15, -0.1) is 0 Å². The predicted octanol–water partition coefficient (Wildman–Crippen LogP) is 1.58. The number of nitrogens with two attached hydrogens (primary N) is 1. The van der Waals surface area contributed by atoms with Crippen LogP contribution in [0, 0.1) is 0 Å². The van der Waals surface area contributed by atoms with Gasteiger partial charge in [-0.2, -0.15) is 0 Å². The van der Waals surface area contributed by atoms with Crippen molar-refractivity contribution in [2.24, 2.45) is 5.73 Å². The van der Waals surface area contributed by atoms with E-state index in [-0.39, 0.29) is 6.42 Å². The summed E-state index contributed by atoms with van der Waals surface area (Å²) >= 11 is 0. The van der Waals surface area contributed by atoms with E-state index in [0.717, 1.165) is 10.8 Å². The van der Waals surface area contributed by atoms with Crippen LogP contribution in [0.15, 0.2) is 42.5 Å². The Bertz CT molecular complexity index is 625. The molecule has 0 fully saturated rings. The van der Waals surface area contributed by atoms with Gasteiger partial charge in [-0.3, -0.25) is 9.59 Å². The quantitative estimate of drug-likeness (QED) is 0.776. The average molecular weight is 258 g/mol. The lowest BCUT2D eigenvalue weighted by atomic mass is 10.1. The van der Waals surface area contributed by atoms with E-state index >= 15 is 0 Å². The molecule has 19 heavy (non-hydrogen) atoms. The van der Waals surface area contributed by atoms with Gasteiger partial charge in [0.2, 0.25) is 5.91 Å². The summed E-state index contributed by atoms with van der Waals surface area (Å²) in [5.41, 5.74) is 6.09. The van der Waals surface area contributed by atoms with Crippen LogP contribution in [-0.2, 0) is 9.59 Å². The molecule has 0 unspecified atom stereocenters. The molecule has 0 aliphatic heterocycles. The molecule has 0 radical (unpaired) electrons. The highest BCUT2D eigenvalue weighted by Gasteiger charge is 2.16. The zero-order valence-electron chi connectivity index (χ0n) is 10.2. The van der Waals surface area contributed by atoms with E-state index in [1.165, 1.54) is 0 Å². The van der Waals surface area contributed by atoms with Gasteiger partial charge >= 0.3 is 5.97 Å². The van der Waals surface area contributed by atoms with E-state index in [2.05, 4.69) is 5.32 Å². The Labute approximate surface area is 110 Å². The summed E-state index contributed by atoms with van der Waals surface area (Å²) in [6.07, 6.45) is -0.389. The Morgan fingerprint density at radius 2 is 1.84 bits per heavy atom. The van der Waals surface area contributed by atoms with Crippen molar-refractivity contribution in [1.29, 1.82) is 0 Å². The summed E-state index contributed by atoms with van der Waals surface area (Å²) < 4.78 is 0. The fourth-order valence-electron chi connectivity index (χ4n) is 1.78. The standard InChI is InChI=1S/C14H14N2O3/c15-12(8-13(17)18)14(19)16-11-6-5-9-3-1-2-4-10(9)7-11/h1-7,12H,8,15H2,(H,16,19)(H,17,18)/t12-/m1/s1. The van der Waals surface area contributed by atoms with Gasteiger partial charge in [0.05, 0.1) is 12.5 Å². The van der Waals surface area contributed by atoms with Crippen molar-refractivity contribution in [2.45, 2.75) is 12.5 Å². The molecule has 4 N–H and O–H groups in total. The van der Waals surface area contributed by atoms with Crippen molar-refractivity contribution in [2.75, 3.05) is 5.32 Å². The maximum atomic E-state index is 11.7. The summed E-state index contributed by atoms with van der Waals surface area (Å²) in [5.74, 6) is -1.60. The molecule has 0 heterocycles. The first-order chi connectivity index (χ1) is 9.06. The van der Waals surface area contributed by atoms with Gasteiger partial charge in [-0.05, 0) is 22.9 Å². The van der Waals surface area contributed by atoms with Crippen LogP contribution in [0.1, 0.15) is 6.42 Å². The number of rotatable bonds is 4. The van der Waals surface area contributed by atoms with Crippen LogP contribution in [0.5, 0.6) is 0 Å². The Morgan fingerprint density at radius 3 is 2.53 bits per heavy atom. The number of carbonyl (C=O) groups excluding carboxylic acids is 1. The highest BCUT2D eigenvalue weighted by molar-refractivity contribution is 5.98. The van der Waals surface area contributed by atoms with Gasteiger partial charge < -0.3 is 16.2 Å². The highest BCUT2D eigenvalue weighted by atomic mass is 16.4. The van der Waals surface area contributed by atoms with E-state index in [1.807, 2.05) is 36.4 Å².